The van der Waals surface area contributed by atoms with Gasteiger partial charge in [-0.05, 0) is 31.9 Å². The molecule has 0 aliphatic carbocycles. The van der Waals surface area contributed by atoms with Crippen LogP contribution in [0.2, 0.25) is 0 Å². The average Bonchev–Trinajstić information content (AvgIpc) is 2.55. The number of benzene rings is 1. The minimum Gasteiger partial charge on any atom is -0.494 e. The zero-order valence-electron chi connectivity index (χ0n) is 14.4. The summed E-state index contributed by atoms with van der Waals surface area (Å²) in [6.45, 7) is 3.10. The van der Waals surface area contributed by atoms with E-state index in [1.54, 1.807) is 12.1 Å². The summed E-state index contributed by atoms with van der Waals surface area (Å²) in [5, 5.41) is 2.86. The number of carbonyl (C=O) groups is 1. The first-order valence-electron chi connectivity index (χ1n) is 8.06. The lowest BCUT2D eigenvalue weighted by molar-refractivity contribution is -0.120. The molecule has 2 rings (SSSR count). The van der Waals surface area contributed by atoms with Gasteiger partial charge in [0, 0.05) is 38.9 Å². The molecule has 24 heavy (non-hydrogen) atoms. The number of anilines is 1. The lowest BCUT2D eigenvalue weighted by atomic mass is 9.98. The van der Waals surface area contributed by atoms with Gasteiger partial charge in [-0.15, -0.1) is 0 Å². The molecule has 1 aliphatic rings. The summed E-state index contributed by atoms with van der Waals surface area (Å²) in [6.07, 6.45) is 1.35. The van der Waals surface area contributed by atoms with Crippen LogP contribution < -0.4 is 10.1 Å². The van der Waals surface area contributed by atoms with Gasteiger partial charge in [0.15, 0.2) is 0 Å². The van der Waals surface area contributed by atoms with Crippen molar-refractivity contribution in [3.05, 3.63) is 24.3 Å². The third-order valence-electron chi connectivity index (χ3n) is 3.96. The molecular weight excluding hydrogens is 330 g/mol. The third kappa shape index (κ3) is 4.46. The summed E-state index contributed by atoms with van der Waals surface area (Å²) in [7, 11) is -0.490. The van der Waals surface area contributed by atoms with Crippen molar-refractivity contribution in [1.82, 2.24) is 8.61 Å². The van der Waals surface area contributed by atoms with Crippen LogP contribution in [0.15, 0.2) is 24.3 Å². The predicted octanol–water partition coefficient (Wildman–Crippen LogP) is 1.54. The number of nitrogens with one attached hydrogen (secondary N) is 1. The van der Waals surface area contributed by atoms with Crippen LogP contribution in [-0.4, -0.2) is 56.7 Å². The zero-order chi connectivity index (χ0) is 17.7. The topological polar surface area (TPSA) is 79.0 Å². The number of nitrogens with zero attached hydrogens (tertiary/aromatic N) is 2. The Labute approximate surface area is 143 Å². The second kappa shape index (κ2) is 7.96. The van der Waals surface area contributed by atoms with E-state index in [1.807, 2.05) is 19.1 Å². The highest BCUT2D eigenvalue weighted by Gasteiger charge is 2.33. The number of ether oxygens (including phenoxy) is 1. The zero-order valence-corrected chi connectivity index (χ0v) is 15.2. The van der Waals surface area contributed by atoms with Crippen molar-refractivity contribution in [2.75, 3.05) is 39.1 Å². The molecule has 0 spiro atoms. The summed E-state index contributed by atoms with van der Waals surface area (Å²) in [5.74, 6) is 0.169. The molecule has 1 heterocycles. The van der Waals surface area contributed by atoms with Crippen LogP contribution in [0.5, 0.6) is 5.75 Å². The number of amides is 1. The predicted molar refractivity (Wildman–Crippen MR) is 93.1 cm³/mol. The summed E-state index contributed by atoms with van der Waals surface area (Å²) < 4.78 is 32.4. The van der Waals surface area contributed by atoms with Crippen LogP contribution in [0.1, 0.15) is 19.8 Å². The normalized spacial score (nSPS) is 19.2. The molecule has 7 nitrogen and oxygen atoms in total. The van der Waals surface area contributed by atoms with E-state index in [0.717, 1.165) is 0 Å². The average molecular weight is 355 g/mol. The van der Waals surface area contributed by atoms with E-state index < -0.39 is 10.2 Å². The Bertz CT molecular complexity index is 676. The summed E-state index contributed by atoms with van der Waals surface area (Å²) in [6, 6.07) is 7.19. The van der Waals surface area contributed by atoms with Crippen molar-refractivity contribution >= 4 is 21.8 Å². The number of rotatable bonds is 6. The van der Waals surface area contributed by atoms with Crippen molar-refractivity contribution < 1.29 is 17.9 Å². The van der Waals surface area contributed by atoms with Gasteiger partial charge < -0.3 is 10.1 Å². The lowest BCUT2D eigenvalue weighted by Crippen LogP contribution is -2.47. The molecule has 1 amide bonds. The number of piperidine rings is 1. The maximum atomic E-state index is 12.5. The molecule has 0 aromatic heterocycles. The first-order chi connectivity index (χ1) is 11.3. The van der Waals surface area contributed by atoms with Crippen LogP contribution in [0.3, 0.4) is 0 Å². The Morgan fingerprint density at radius 3 is 2.83 bits per heavy atom. The van der Waals surface area contributed by atoms with E-state index in [-0.39, 0.29) is 18.4 Å². The standard InChI is InChI=1S/C16H25N3O4S/c1-4-23-15-9-5-8-14(11-15)17-16(20)13-7-6-10-19(12-13)24(21,22)18(2)3/h5,8-9,11,13H,4,6-7,10,12H2,1-3H3,(H,17,20). The van der Waals surface area contributed by atoms with Gasteiger partial charge in [0.05, 0.1) is 12.5 Å². The van der Waals surface area contributed by atoms with Gasteiger partial charge in [0.25, 0.3) is 10.2 Å². The molecule has 1 atom stereocenters. The molecule has 1 N–H and O–H groups in total. The fraction of sp³-hybridized carbons (Fsp3) is 0.562. The first kappa shape index (κ1) is 18.7. The Kier molecular flexibility index (Phi) is 6.20. The minimum atomic E-state index is -3.49. The van der Waals surface area contributed by atoms with Gasteiger partial charge in [0.2, 0.25) is 5.91 Å². The van der Waals surface area contributed by atoms with Crippen LogP contribution in [0, 0.1) is 5.92 Å². The van der Waals surface area contributed by atoms with E-state index in [1.165, 1.54) is 22.7 Å². The minimum absolute atomic E-state index is 0.165. The molecule has 8 heteroatoms. The summed E-state index contributed by atoms with van der Waals surface area (Å²) in [4.78, 5) is 12.5. The van der Waals surface area contributed by atoms with E-state index in [9.17, 15) is 13.2 Å². The van der Waals surface area contributed by atoms with E-state index in [2.05, 4.69) is 5.32 Å². The second-order valence-electron chi connectivity index (χ2n) is 5.94. The molecule has 1 aromatic rings. The fourth-order valence-electron chi connectivity index (χ4n) is 2.67. The monoisotopic (exact) mass is 355 g/mol. The van der Waals surface area contributed by atoms with Crippen LogP contribution >= 0.6 is 0 Å². The van der Waals surface area contributed by atoms with Gasteiger partial charge in [-0.3, -0.25) is 4.79 Å². The molecule has 1 aliphatic heterocycles. The summed E-state index contributed by atoms with van der Waals surface area (Å²) in [5.41, 5.74) is 0.651. The van der Waals surface area contributed by atoms with Crippen LogP contribution in [0.25, 0.3) is 0 Å². The first-order valence-corrected chi connectivity index (χ1v) is 9.45. The molecule has 0 bridgehead atoms. The van der Waals surface area contributed by atoms with Gasteiger partial charge in [-0.2, -0.15) is 17.0 Å². The molecule has 0 radical (unpaired) electrons. The quantitative estimate of drug-likeness (QED) is 0.840. The van der Waals surface area contributed by atoms with Gasteiger partial charge in [-0.25, -0.2) is 0 Å². The Hall–Kier alpha value is -1.64. The number of carbonyl (C=O) groups excluding carboxylic acids is 1. The van der Waals surface area contributed by atoms with Gasteiger partial charge in [-0.1, -0.05) is 6.07 Å². The summed E-state index contributed by atoms with van der Waals surface area (Å²) >= 11 is 0. The largest absolute Gasteiger partial charge is 0.494 e. The highest BCUT2D eigenvalue weighted by Crippen LogP contribution is 2.23. The Balaban J connectivity index is 2.03. The molecule has 1 aromatic carbocycles. The molecule has 0 saturated carbocycles. The number of hydrogen-bond acceptors (Lipinski definition) is 4. The van der Waals surface area contributed by atoms with Crippen molar-refractivity contribution in [1.29, 1.82) is 0 Å². The van der Waals surface area contributed by atoms with E-state index >= 15 is 0 Å². The molecule has 1 fully saturated rings. The van der Waals surface area contributed by atoms with Crippen LogP contribution in [-0.2, 0) is 15.0 Å². The van der Waals surface area contributed by atoms with Crippen molar-refractivity contribution in [3.8, 4) is 5.75 Å². The smallest absolute Gasteiger partial charge is 0.281 e. The van der Waals surface area contributed by atoms with E-state index in [0.29, 0.717) is 37.4 Å². The highest BCUT2D eigenvalue weighted by atomic mass is 32.2. The molecule has 134 valence electrons. The fourth-order valence-corrected chi connectivity index (χ4v) is 3.86. The third-order valence-corrected chi connectivity index (χ3v) is 5.86. The van der Waals surface area contributed by atoms with Gasteiger partial charge in [0.1, 0.15) is 5.75 Å². The van der Waals surface area contributed by atoms with Gasteiger partial charge >= 0.3 is 0 Å². The maximum absolute atomic E-state index is 12.5. The molecular formula is C16H25N3O4S. The van der Waals surface area contributed by atoms with Crippen molar-refractivity contribution in [2.24, 2.45) is 5.92 Å². The number of hydrogen-bond donors (Lipinski definition) is 1. The Morgan fingerprint density at radius 2 is 2.17 bits per heavy atom. The Morgan fingerprint density at radius 1 is 1.42 bits per heavy atom. The highest BCUT2D eigenvalue weighted by molar-refractivity contribution is 7.86. The van der Waals surface area contributed by atoms with Crippen LogP contribution in [0.4, 0.5) is 5.69 Å². The SMILES string of the molecule is CCOc1cccc(NC(=O)C2CCCN(S(=O)(=O)N(C)C)C2)c1. The lowest BCUT2D eigenvalue weighted by Gasteiger charge is -2.32. The van der Waals surface area contributed by atoms with Crippen molar-refractivity contribution in [2.45, 2.75) is 19.8 Å². The van der Waals surface area contributed by atoms with Crippen molar-refractivity contribution in [3.63, 3.8) is 0 Å². The molecule has 1 unspecified atom stereocenters. The molecule has 1 saturated heterocycles. The maximum Gasteiger partial charge on any atom is 0.281 e. The van der Waals surface area contributed by atoms with E-state index in [4.69, 9.17) is 4.74 Å². The second-order valence-corrected chi connectivity index (χ2v) is 8.08.